The van der Waals surface area contributed by atoms with Gasteiger partial charge in [0.05, 0.1) is 23.7 Å². The third-order valence-electron chi connectivity index (χ3n) is 6.30. The van der Waals surface area contributed by atoms with Crippen LogP contribution in [0, 0.1) is 5.92 Å². The van der Waals surface area contributed by atoms with Crippen LogP contribution in [0.2, 0.25) is 0 Å². The van der Waals surface area contributed by atoms with E-state index in [1.165, 1.54) is 11.3 Å². The molecule has 2 aromatic rings. The highest BCUT2D eigenvalue weighted by Crippen LogP contribution is 2.32. The minimum atomic E-state index is -0.161. The van der Waals surface area contributed by atoms with Crippen LogP contribution < -0.4 is 5.73 Å². The van der Waals surface area contributed by atoms with Crippen LogP contribution in [0.3, 0.4) is 0 Å². The zero-order chi connectivity index (χ0) is 20.0. The molecule has 2 bridgehead atoms. The summed E-state index contributed by atoms with van der Waals surface area (Å²) in [5.41, 5.74) is 10.9. The lowest BCUT2D eigenvalue weighted by molar-refractivity contribution is -0.140. The molecule has 2 atom stereocenters. The van der Waals surface area contributed by atoms with Crippen LogP contribution in [0.25, 0.3) is 0 Å². The maximum Gasteiger partial charge on any atom is 0.273 e. The Morgan fingerprint density at radius 1 is 1.21 bits per heavy atom. The zero-order valence-electron chi connectivity index (χ0n) is 16.2. The van der Waals surface area contributed by atoms with Crippen LogP contribution >= 0.6 is 11.3 Å². The number of amides is 2. The van der Waals surface area contributed by atoms with Gasteiger partial charge in [-0.2, -0.15) is 0 Å². The highest BCUT2D eigenvalue weighted by atomic mass is 32.1. The van der Waals surface area contributed by atoms with Crippen molar-refractivity contribution in [2.24, 2.45) is 5.92 Å². The van der Waals surface area contributed by atoms with Gasteiger partial charge in [-0.1, -0.05) is 0 Å². The molecule has 0 radical (unpaired) electrons. The van der Waals surface area contributed by atoms with Crippen molar-refractivity contribution in [1.82, 2.24) is 24.8 Å². The first-order chi connectivity index (χ1) is 14.1. The van der Waals surface area contributed by atoms with Crippen molar-refractivity contribution in [3.63, 3.8) is 0 Å². The number of rotatable bonds is 3. The van der Waals surface area contributed by atoms with Gasteiger partial charge in [-0.05, 0) is 38.5 Å². The van der Waals surface area contributed by atoms with Crippen molar-refractivity contribution in [3.8, 4) is 0 Å². The Hall–Kier alpha value is -2.55. The summed E-state index contributed by atoms with van der Waals surface area (Å²) >= 11 is 1.53. The predicted molar refractivity (Wildman–Crippen MR) is 108 cm³/mol. The molecule has 1 aliphatic carbocycles. The minimum absolute atomic E-state index is 0.0157. The third kappa shape index (κ3) is 3.37. The van der Waals surface area contributed by atoms with E-state index in [9.17, 15) is 9.59 Å². The van der Waals surface area contributed by atoms with E-state index in [-0.39, 0.29) is 29.7 Å². The summed E-state index contributed by atoms with van der Waals surface area (Å²) in [5.74, 6) is 0.0191. The molecule has 8 nitrogen and oxygen atoms in total. The standard InChI is InChI=1S/C20H24N6O2S/c21-20-23-16-4-2-1-3-15(16)17(24-20)19(28)25-7-12-5-6-14(9-25)26(18(12)27)8-13-10-29-11-22-13/h10-12,14H,1-9H2,(H2,21,23,24)/t12-,14+/m0/s1. The Bertz CT molecular complexity index is 947. The average Bonchev–Trinajstić information content (AvgIpc) is 3.09. The molecule has 4 aliphatic rings. The van der Waals surface area contributed by atoms with Gasteiger partial charge in [0.2, 0.25) is 11.9 Å². The summed E-state index contributed by atoms with van der Waals surface area (Å²) in [5, 5.41) is 1.98. The monoisotopic (exact) mass is 412 g/mol. The molecule has 2 N–H and O–H groups in total. The van der Waals surface area contributed by atoms with Gasteiger partial charge in [0, 0.05) is 35.8 Å². The van der Waals surface area contributed by atoms with Crippen molar-refractivity contribution in [1.29, 1.82) is 0 Å². The average molecular weight is 413 g/mol. The van der Waals surface area contributed by atoms with Gasteiger partial charge in [-0.25, -0.2) is 15.0 Å². The summed E-state index contributed by atoms with van der Waals surface area (Å²) in [4.78, 5) is 43.3. The quantitative estimate of drug-likeness (QED) is 0.822. The van der Waals surface area contributed by atoms with E-state index in [0.29, 0.717) is 25.3 Å². The van der Waals surface area contributed by atoms with Crippen LogP contribution in [0.1, 0.15) is 53.1 Å². The number of nitrogen functional groups attached to an aromatic ring is 1. The summed E-state index contributed by atoms with van der Waals surface area (Å²) < 4.78 is 0. The highest BCUT2D eigenvalue weighted by molar-refractivity contribution is 7.07. The van der Waals surface area contributed by atoms with E-state index < -0.39 is 0 Å². The molecule has 29 heavy (non-hydrogen) atoms. The fraction of sp³-hybridized carbons (Fsp3) is 0.550. The number of hydrogen-bond donors (Lipinski definition) is 1. The lowest BCUT2D eigenvalue weighted by atomic mass is 9.93. The van der Waals surface area contributed by atoms with Gasteiger partial charge in [-0.3, -0.25) is 9.59 Å². The number of nitrogens with zero attached hydrogens (tertiary/aromatic N) is 5. The SMILES string of the molecule is Nc1nc2c(c(C(=O)N3C[C@@H]4CC[C@H](C3)N(Cc3cscn3)C4=O)n1)CCCC2. The maximum atomic E-state index is 13.5. The molecular weight excluding hydrogens is 388 g/mol. The topological polar surface area (TPSA) is 105 Å². The molecule has 152 valence electrons. The molecule has 0 unspecified atom stereocenters. The molecule has 3 fully saturated rings. The number of carbonyl (C=O) groups excluding carboxylic acids is 2. The Kier molecular flexibility index (Phi) is 4.69. The summed E-state index contributed by atoms with van der Waals surface area (Å²) in [7, 11) is 0. The number of carbonyl (C=O) groups is 2. The summed E-state index contributed by atoms with van der Waals surface area (Å²) in [6, 6.07) is 0.0157. The number of thiazole rings is 1. The Morgan fingerprint density at radius 3 is 2.90 bits per heavy atom. The maximum absolute atomic E-state index is 13.5. The number of aromatic nitrogens is 3. The van der Waals surface area contributed by atoms with Crippen molar-refractivity contribution >= 4 is 29.1 Å². The largest absolute Gasteiger partial charge is 0.368 e. The van der Waals surface area contributed by atoms with E-state index in [0.717, 1.165) is 55.5 Å². The normalized spacial score (nSPS) is 23.8. The third-order valence-corrected chi connectivity index (χ3v) is 6.93. The number of aryl methyl sites for hydroxylation is 1. The number of nitrogens with two attached hydrogens (primary N) is 1. The van der Waals surface area contributed by atoms with Crippen molar-refractivity contribution in [2.75, 3.05) is 18.8 Å². The fourth-order valence-corrected chi connectivity index (χ4v) is 5.39. The number of piperidine rings is 1. The Morgan fingerprint density at radius 2 is 2.07 bits per heavy atom. The van der Waals surface area contributed by atoms with Crippen molar-refractivity contribution < 1.29 is 9.59 Å². The molecule has 6 rings (SSSR count). The Balaban J connectivity index is 1.42. The van der Waals surface area contributed by atoms with Gasteiger partial charge in [0.1, 0.15) is 5.69 Å². The molecule has 0 aromatic carbocycles. The Labute approximate surface area is 173 Å². The van der Waals surface area contributed by atoms with Gasteiger partial charge >= 0.3 is 0 Å². The second-order valence-electron chi connectivity index (χ2n) is 8.15. The van der Waals surface area contributed by atoms with Crippen molar-refractivity contribution in [3.05, 3.63) is 33.5 Å². The minimum Gasteiger partial charge on any atom is -0.368 e. The lowest BCUT2D eigenvalue weighted by Crippen LogP contribution is -2.47. The first-order valence-corrected chi connectivity index (χ1v) is 11.2. The zero-order valence-corrected chi connectivity index (χ0v) is 17.0. The molecular formula is C20H24N6O2S. The van der Waals surface area contributed by atoms with Gasteiger partial charge in [-0.15, -0.1) is 11.3 Å². The fourth-order valence-electron chi connectivity index (χ4n) is 4.84. The van der Waals surface area contributed by atoms with Gasteiger partial charge < -0.3 is 15.5 Å². The van der Waals surface area contributed by atoms with Crippen LogP contribution in [0.4, 0.5) is 5.95 Å². The van der Waals surface area contributed by atoms with E-state index in [4.69, 9.17) is 5.73 Å². The van der Waals surface area contributed by atoms with Crippen LogP contribution in [-0.2, 0) is 24.2 Å². The summed E-state index contributed by atoms with van der Waals surface area (Å²) in [6.45, 7) is 1.49. The second kappa shape index (κ2) is 7.37. The molecule has 5 heterocycles. The van der Waals surface area contributed by atoms with E-state index >= 15 is 0 Å². The number of fused-ring (bicyclic) bond motifs is 5. The first-order valence-electron chi connectivity index (χ1n) is 10.2. The highest BCUT2D eigenvalue weighted by Gasteiger charge is 2.42. The molecule has 2 aromatic heterocycles. The molecule has 3 saturated heterocycles. The molecule has 3 aliphatic heterocycles. The number of anilines is 1. The summed E-state index contributed by atoms with van der Waals surface area (Å²) in [6.07, 6.45) is 5.48. The van der Waals surface area contributed by atoms with E-state index in [1.54, 1.807) is 5.51 Å². The van der Waals surface area contributed by atoms with Gasteiger partial charge in [0.15, 0.2) is 0 Å². The van der Waals surface area contributed by atoms with Crippen molar-refractivity contribution in [2.45, 2.75) is 51.1 Å². The lowest BCUT2D eigenvalue weighted by Gasteiger charge is -2.35. The van der Waals surface area contributed by atoms with Gasteiger partial charge in [0.25, 0.3) is 5.91 Å². The van der Waals surface area contributed by atoms with Crippen LogP contribution in [-0.4, -0.2) is 55.7 Å². The smallest absolute Gasteiger partial charge is 0.273 e. The van der Waals surface area contributed by atoms with E-state index in [2.05, 4.69) is 15.0 Å². The first kappa shape index (κ1) is 18.5. The number of hydrogen-bond acceptors (Lipinski definition) is 7. The molecule has 9 heteroatoms. The van der Waals surface area contributed by atoms with Crippen LogP contribution in [0.5, 0.6) is 0 Å². The van der Waals surface area contributed by atoms with Crippen LogP contribution in [0.15, 0.2) is 10.9 Å². The molecule has 0 spiro atoms. The molecule has 0 saturated carbocycles. The second-order valence-corrected chi connectivity index (χ2v) is 8.87. The molecule has 2 amide bonds. The predicted octanol–water partition coefficient (Wildman–Crippen LogP) is 1.66. The van der Waals surface area contributed by atoms with E-state index in [1.807, 2.05) is 15.2 Å².